The van der Waals surface area contributed by atoms with E-state index in [4.69, 9.17) is 14.2 Å². The monoisotopic (exact) mass is 399 g/mol. The van der Waals surface area contributed by atoms with E-state index in [-0.39, 0.29) is 24.7 Å². The average Bonchev–Trinajstić information content (AvgIpc) is 3.18. The van der Waals surface area contributed by atoms with Gasteiger partial charge in [0.2, 0.25) is 6.79 Å². The van der Waals surface area contributed by atoms with E-state index in [1.54, 1.807) is 0 Å². The Kier molecular flexibility index (Phi) is 6.28. The molecule has 0 aromatic heterocycles. The van der Waals surface area contributed by atoms with Crippen LogP contribution in [0.4, 0.5) is 5.69 Å². The highest BCUT2D eigenvalue weighted by Crippen LogP contribution is 2.37. The van der Waals surface area contributed by atoms with Gasteiger partial charge in [-0.2, -0.15) is 5.10 Å². The number of hydrogen-bond acceptors (Lipinski definition) is 7. The van der Waals surface area contributed by atoms with Gasteiger partial charge >= 0.3 is 0 Å². The van der Waals surface area contributed by atoms with Crippen LogP contribution in [0.1, 0.15) is 37.3 Å². The minimum atomic E-state index is -0.558. The zero-order chi connectivity index (χ0) is 20.8. The lowest BCUT2D eigenvalue weighted by Crippen LogP contribution is -2.24. The van der Waals surface area contributed by atoms with Crippen LogP contribution in [0.5, 0.6) is 17.2 Å². The molecule has 0 aliphatic carbocycles. The molecule has 2 aromatic rings. The molecule has 0 unspecified atom stereocenters. The number of ether oxygens (including phenoxy) is 3. The van der Waals surface area contributed by atoms with Crippen LogP contribution in [0.3, 0.4) is 0 Å². The second-order valence-electron chi connectivity index (χ2n) is 6.48. The molecule has 0 spiro atoms. The molecule has 1 heterocycles. The van der Waals surface area contributed by atoms with Crippen molar-refractivity contribution in [1.82, 2.24) is 5.43 Å². The Hall–Kier alpha value is -3.62. The lowest BCUT2D eigenvalue weighted by molar-refractivity contribution is -0.385. The van der Waals surface area contributed by atoms with E-state index >= 15 is 0 Å². The van der Waals surface area contributed by atoms with Crippen molar-refractivity contribution >= 4 is 17.8 Å². The number of benzene rings is 2. The Labute approximate surface area is 167 Å². The van der Waals surface area contributed by atoms with Gasteiger partial charge in [0.05, 0.1) is 22.8 Å². The first kappa shape index (κ1) is 20.1. The summed E-state index contributed by atoms with van der Waals surface area (Å²) in [5.41, 5.74) is 3.47. The van der Waals surface area contributed by atoms with E-state index in [1.165, 1.54) is 23.9 Å². The summed E-state index contributed by atoms with van der Waals surface area (Å²) in [6.45, 7) is 4.03. The molecule has 1 amide bonds. The fourth-order valence-corrected chi connectivity index (χ4v) is 2.69. The number of nitro groups is 1. The topological polar surface area (TPSA) is 112 Å². The van der Waals surface area contributed by atoms with Crippen LogP contribution in [0.2, 0.25) is 0 Å². The van der Waals surface area contributed by atoms with Crippen molar-refractivity contribution in [1.29, 1.82) is 0 Å². The van der Waals surface area contributed by atoms with Crippen molar-refractivity contribution in [3.05, 3.63) is 57.6 Å². The zero-order valence-corrected chi connectivity index (χ0v) is 16.1. The van der Waals surface area contributed by atoms with Crippen molar-refractivity contribution in [3.63, 3.8) is 0 Å². The van der Waals surface area contributed by atoms with Crippen LogP contribution in [0, 0.1) is 10.1 Å². The fraction of sp³-hybridized carbons (Fsp3) is 0.300. The number of amides is 1. The Morgan fingerprint density at radius 3 is 2.66 bits per heavy atom. The predicted octanol–water partition coefficient (Wildman–Crippen LogP) is 3.37. The zero-order valence-electron chi connectivity index (χ0n) is 16.1. The number of nitrogens with one attached hydrogen (secondary N) is 1. The molecule has 0 bridgehead atoms. The molecular weight excluding hydrogens is 378 g/mol. The van der Waals surface area contributed by atoms with Crippen molar-refractivity contribution < 1.29 is 23.9 Å². The summed E-state index contributed by atoms with van der Waals surface area (Å²) < 4.78 is 15.8. The second kappa shape index (κ2) is 9.05. The van der Waals surface area contributed by atoms with Crippen molar-refractivity contribution in [2.45, 2.75) is 26.2 Å². The third-order valence-electron chi connectivity index (χ3n) is 4.54. The molecule has 0 saturated heterocycles. The maximum atomic E-state index is 11.9. The minimum Gasteiger partial charge on any atom is -0.484 e. The third-order valence-corrected chi connectivity index (χ3v) is 4.54. The van der Waals surface area contributed by atoms with Gasteiger partial charge in [-0.15, -0.1) is 0 Å². The van der Waals surface area contributed by atoms with Crippen LogP contribution >= 0.6 is 0 Å². The van der Waals surface area contributed by atoms with Gasteiger partial charge in [0.15, 0.2) is 18.1 Å². The van der Waals surface area contributed by atoms with Gasteiger partial charge < -0.3 is 14.2 Å². The number of fused-ring (bicyclic) bond motifs is 1. The SMILES string of the molecule is CC[C@@H](C)c1ccc(OCC(=O)N/N=C/c2cc3c(cc2[N+](=O)[O-])OCO3)cc1. The van der Waals surface area contributed by atoms with Crippen molar-refractivity contribution in [3.8, 4) is 17.2 Å². The normalized spacial score (nSPS) is 13.3. The molecule has 0 fully saturated rings. The quantitative estimate of drug-likeness (QED) is 0.414. The van der Waals surface area contributed by atoms with Gasteiger partial charge in [-0.1, -0.05) is 26.0 Å². The molecule has 152 valence electrons. The standard InChI is InChI=1S/C20H21N3O6/c1-3-13(2)14-4-6-16(7-5-14)27-11-20(24)22-21-10-15-8-18-19(29-12-28-18)9-17(15)23(25)26/h4-10,13H,3,11-12H2,1-2H3,(H,22,24)/b21-10+/t13-/m1/s1. The molecule has 9 nitrogen and oxygen atoms in total. The van der Waals surface area contributed by atoms with E-state index in [2.05, 4.69) is 24.4 Å². The Morgan fingerprint density at radius 2 is 2.00 bits per heavy atom. The predicted molar refractivity (Wildman–Crippen MR) is 106 cm³/mol. The molecule has 1 N–H and O–H groups in total. The molecule has 0 saturated carbocycles. The van der Waals surface area contributed by atoms with Gasteiger partial charge in [-0.3, -0.25) is 14.9 Å². The Balaban J connectivity index is 1.55. The van der Waals surface area contributed by atoms with Gasteiger partial charge in [0, 0.05) is 0 Å². The first-order valence-corrected chi connectivity index (χ1v) is 9.10. The molecule has 0 radical (unpaired) electrons. The smallest absolute Gasteiger partial charge is 0.282 e. The van der Waals surface area contributed by atoms with Crippen molar-refractivity contribution in [2.75, 3.05) is 13.4 Å². The molecule has 3 rings (SSSR count). The molecule has 2 aromatic carbocycles. The highest BCUT2D eigenvalue weighted by atomic mass is 16.7. The lowest BCUT2D eigenvalue weighted by Gasteiger charge is -2.10. The van der Waals surface area contributed by atoms with Crippen molar-refractivity contribution in [2.24, 2.45) is 5.10 Å². The Bertz CT molecular complexity index is 927. The van der Waals surface area contributed by atoms with Crippen LogP contribution in [0.25, 0.3) is 0 Å². The molecular formula is C20H21N3O6. The third kappa shape index (κ3) is 5.01. The van der Waals surface area contributed by atoms with Crippen LogP contribution < -0.4 is 19.6 Å². The second-order valence-corrected chi connectivity index (χ2v) is 6.48. The van der Waals surface area contributed by atoms with E-state index in [1.807, 2.05) is 24.3 Å². The van der Waals surface area contributed by atoms with Gasteiger partial charge in [-0.25, -0.2) is 5.43 Å². The maximum absolute atomic E-state index is 11.9. The first-order valence-electron chi connectivity index (χ1n) is 9.10. The molecule has 1 aliphatic heterocycles. The van der Waals surface area contributed by atoms with Crippen LogP contribution in [-0.4, -0.2) is 30.4 Å². The van der Waals surface area contributed by atoms with E-state index in [0.29, 0.717) is 23.2 Å². The van der Waals surface area contributed by atoms with Crippen LogP contribution in [-0.2, 0) is 4.79 Å². The average molecular weight is 399 g/mol. The van der Waals surface area contributed by atoms with Crippen LogP contribution in [0.15, 0.2) is 41.5 Å². The number of nitro benzene ring substituents is 1. The highest BCUT2D eigenvalue weighted by molar-refractivity contribution is 5.88. The van der Waals surface area contributed by atoms with E-state index < -0.39 is 10.8 Å². The highest BCUT2D eigenvalue weighted by Gasteiger charge is 2.22. The Morgan fingerprint density at radius 1 is 1.31 bits per heavy atom. The summed E-state index contributed by atoms with van der Waals surface area (Å²) in [7, 11) is 0. The number of carbonyl (C=O) groups excluding carboxylic acids is 1. The number of rotatable bonds is 8. The fourth-order valence-electron chi connectivity index (χ4n) is 2.69. The molecule has 9 heteroatoms. The molecule has 1 atom stereocenters. The summed E-state index contributed by atoms with van der Waals surface area (Å²) in [6.07, 6.45) is 2.22. The molecule has 29 heavy (non-hydrogen) atoms. The minimum absolute atomic E-state index is 0.000501. The number of carbonyl (C=O) groups is 1. The summed E-state index contributed by atoms with van der Waals surface area (Å²) in [4.78, 5) is 22.6. The summed E-state index contributed by atoms with van der Waals surface area (Å²) in [5.74, 6) is 1.22. The number of hydrogen-bond donors (Lipinski definition) is 1. The van der Waals surface area contributed by atoms with Gasteiger partial charge in [-0.05, 0) is 36.1 Å². The summed E-state index contributed by atoms with van der Waals surface area (Å²) in [5, 5.41) is 15.0. The summed E-state index contributed by atoms with van der Waals surface area (Å²) in [6, 6.07) is 10.3. The van der Waals surface area contributed by atoms with Gasteiger partial charge in [0.1, 0.15) is 5.75 Å². The first-order chi connectivity index (χ1) is 14.0. The number of hydrazone groups is 1. The van der Waals surface area contributed by atoms with E-state index in [9.17, 15) is 14.9 Å². The molecule has 1 aliphatic rings. The van der Waals surface area contributed by atoms with Gasteiger partial charge in [0.25, 0.3) is 11.6 Å². The summed E-state index contributed by atoms with van der Waals surface area (Å²) >= 11 is 0. The lowest BCUT2D eigenvalue weighted by atomic mass is 9.99. The number of nitrogens with zero attached hydrogens (tertiary/aromatic N) is 2. The largest absolute Gasteiger partial charge is 0.484 e. The van der Waals surface area contributed by atoms with E-state index in [0.717, 1.165) is 6.42 Å². The maximum Gasteiger partial charge on any atom is 0.282 e.